The van der Waals surface area contributed by atoms with Gasteiger partial charge in [0.25, 0.3) is 0 Å². The summed E-state index contributed by atoms with van der Waals surface area (Å²) in [5.41, 5.74) is 0.0420. The summed E-state index contributed by atoms with van der Waals surface area (Å²) in [6.07, 6.45) is 5.74. The molecule has 0 aromatic heterocycles. The lowest BCUT2D eigenvalue weighted by Gasteiger charge is -2.06. The lowest BCUT2D eigenvalue weighted by Crippen LogP contribution is -2.84. The zero-order valence-corrected chi connectivity index (χ0v) is 12.2. The summed E-state index contributed by atoms with van der Waals surface area (Å²) >= 11 is 0. The first-order valence-corrected chi connectivity index (χ1v) is 7.43. The zero-order chi connectivity index (χ0) is 14.6. The van der Waals surface area contributed by atoms with Gasteiger partial charge < -0.3 is 10.1 Å². The molecule has 0 amide bonds. The van der Waals surface area contributed by atoms with E-state index < -0.39 is 4.92 Å². The summed E-state index contributed by atoms with van der Waals surface area (Å²) in [5.74, 6) is 0.368. The van der Waals surface area contributed by atoms with Crippen molar-refractivity contribution in [2.75, 3.05) is 19.7 Å². The van der Waals surface area contributed by atoms with Crippen molar-refractivity contribution in [3.63, 3.8) is 0 Å². The van der Waals surface area contributed by atoms with Gasteiger partial charge in [-0.1, -0.05) is 25.5 Å². The second-order valence-electron chi connectivity index (χ2n) is 4.85. The fourth-order valence-electron chi connectivity index (χ4n) is 1.97. The second-order valence-corrected chi connectivity index (χ2v) is 4.85. The largest absolute Gasteiger partial charge is 0.487 e. The number of ether oxygens (including phenoxy) is 1. The minimum atomic E-state index is -0.405. The van der Waals surface area contributed by atoms with Gasteiger partial charge in [0.15, 0.2) is 5.75 Å². The van der Waals surface area contributed by atoms with Crippen LogP contribution in [0.25, 0.3) is 0 Å². The van der Waals surface area contributed by atoms with E-state index >= 15 is 0 Å². The third-order valence-corrected chi connectivity index (χ3v) is 3.13. The average molecular weight is 281 g/mol. The number of nitro benzene ring substituents is 1. The minimum Gasteiger partial charge on any atom is -0.487 e. The molecule has 1 rings (SSSR count). The molecule has 0 atom stereocenters. The predicted octanol–water partition coefficient (Wildman–Crippen LogP) is 2.51. The molecule has 1 aromatic carbocycles. The van der Waals surface area contributed by atoms with E-state index in [1.165, 1.54) is 31.9 Å². The lowest BCUT2D eigenvalue weighted by molar-refractivity contribution is -0.655. The summed E-state index contributed by atoms with van der Waals surface area (Å²) in [4.78, 5) is 10.4. The molecule has 5 nitrogen and oxygen atoms in total. The van der Waals surface area contributed by atoms with Crippen molar-refractivity contribution >= 4 is 5.69 Å². The molecule has 0 spiro atoms. The lowest BCUT2D eigenvalue weighted by atomic mass is 10.2. The maximum atomic E-state index is 10.8. The Hall–Kier alpha value is -1.62. The van der Waals surface area contributed by atoms with Crippen LogP contribution in [0.3, 0.4) is 0 Å². The third kappa shape index (κ3) is 6.52. The molecule has 2 N–H and O–H groups in total. The van der Waals surface area contributed by atoms with Crippen LogP contribution in [-0.4, -0.2) is 24.6 Å². The van der Waals surface area contributed by atoms with Gasteiger partial charge in [0.1, 0.15) is 0 Å². The Balaban J connectivity index is 2.11. The first-order chi connectivity index (χ1) is 9.75. The van der Waals surface area contributed by atoms with Gasteiger partial charge in [0, 0.05) is 6.07 Å². The Morgan fingerprint density at radius 3 is 2.65 bits per heavy atom. The number of unbranched alkanes of at least 4 members (excludes halogenated alkanes) is 3. The number of hydrogen-bond donors (Lipinski definition) is 1. The van der Waals surface area contributed by atoms with E-state index in [-0.39, 0.29) is 5.69 Å². The van der Waals surface area contributed by atoms with Crippen LogP contribution in [0.5, 0.6) is 5.75 Å². The highest BCUT2D eigenvalue weighted by atomic mass is 16.6. The molecule has 5 heteroatoms. The number of para-hydroxylation sites is 2. The summed E-state index contributed by atoms with van der Waals surface area (Å²) < 4.78 is 5.49. The van der Waals surface area contributed by atoms with Crippen molar-refractivity contribution in [1.29, 1.82) is 0 Å². The normalized spacial score (nSPS) is 10.4. The minimum absolute atomic E-state index is 0.0420. The van der Waals surface area contributed by atoms with E-state index in [0.717, 1.165) is 19.4 Å². The van der Waals surface area contributed by atoms with Crippen molar-refractivity contribution in [2.45, 2.75) is 39.0 Å². The highest BCUT2D eigenvalue weighted by Gasteiger charge is 2.12. The summed E-state index contributed by atoms with van der Waals surface area (Å²) in [6, 6.07) is 6.52. The van der Waals surface area contributed by atoms with E-state index in [4.69, 9.17) is 4.74 Å². The molecule has 0 saturated heterocycles. The maximum Gasteiger partial charge on any atom is 0.310 e. The fraction of sp³-hybridized carbons (Fsp3) is 0.600. The second kappa shape index (κ2) is 10.2. The molecule has 0 saturated carbocycles. The van der Waals surface area contributed by atoms with Gasteiger partial charge in [-0.3, -0.25) is 10.1 Å². The smallest absolute Gasteiger partial charge is 0.310 e. The molecule has 0 aliphatic heterocycles. The molecule has 0 bridgehead atoms. The highest BCUT2D eigenvalue weighted by molar-refractivity contribution is 5.45. The highest BCUT2D eigenvalue weighted by Crippen LogP contribution is 2.25. The fourth-order valence-corrected chi connectivity index (χ4v) is 1.97. The Morgan fingerprint density at radius 2 is 1.90 bits per heavy atom. The van der Waals surface area contributed by atoms with Gasteiger partial charge in [0.2, 0.25) is 0 Å². The molecule has 0 unspecified atom stereocenters. The number of benzene rings is 1. The number of nitro groups is 1. The monoisotopic (exact) mass is 281 g/mol. The van der Waals surface area contributed by atoms with Gasteiger partial charge in [-0.2, -0.15) is 0 Å². The van der Waals surface area contributed by atoms with Crippen LogP contribution < -0.4 is 10.1 Å². The molecular weight excluding hydrogens is 256 g/mol. The van der Waals surface area contributed by atoms with Crippen LogP contribution in [0.4, 0.5) is 5.69 Å². The SMILES string of the molecule is CCCC[NH2+]CCCCCOc1ccccc1[N+](=O)[O-]. The van der Waals surface area contributed by atoms with Crippen LogP contribution in [0.1, 0.15) is 39.0 Å². The Labute approximate surface area is 120 Å². The van der Waals surface area contributed by atoms with Crippen molar-refractivity contribution in [3.8, 4) is 5.75 Å². The predicted molar refractivity (Wildman–Crippen MR) is 79.0 cm³/mol. The average Bonchev–Trinajstić information content (AvgIpc) is 2.46. The first-order valence-electron chi connectivity index (χ1n) is 7.43. The Morgan fingerprint density at radius 1 is 1.15 bits per heavy atom. The summed E-state index contributed by atoms with van der Waals surface area (Å²) in [6.45, 7) is 5.11. The molecule has 0 heterocycles. The number of nitrogens with two attached hydrogens (primary N) is 1. The molecule has 0 aliphatic rings. The molecule has 0 aliphatic carbocycles. The van der Waals surface area contributed by atoms with Gasteiger partial charge in [0.05, 0.1) is 24.6 Å². The van der Waals surface area contributed by atoms with Crippen molar-refractivity contribution in [1.82, 2.24) is 0 Å². The standard InChI is InChI=1S/C15H24N2O3/c1-2-3-11-16-12-7-4-8-13-20-15-10-6-5-9-14(15)17(18)19/h5-6,9-10,16H,2-4,7-8,11-13H2,1H3/p+1. The summed E-state index contributed by atoms with van der Waals surface area (Å²) in [7, 11) is 0. The van der Waals surface area contributed by atoms with E-state index in [0.29, 0.717) is 12.4 Å². The Kier molecular flexibility index (Phi) is 8.38. The molecule has 20 heavy (non-hydrogen) atoms. The van der Waals surface area contributed by atoms with Gasteiger partial charge in [-0.25, -0.2) is 0 Å². The quantitative estimate of drug-likeness (QED) is 0.385. The number of hydrogen-bond acceptors (Lipinski definition) is 3. The van der Waals surface area contributed by atoms with Crippen LogP contribution in [0, 0.1) is 10.1 Å². The molecule has 1 aromatic rings. The summed E-state index contributed by atoms with van der Waals surface area (Å²) in [5, 5.41) is 13.2. The van der Waals surface area contributed by atoms with Crippen molar-refractivity contribution in [2.24, 2.45) is 0 Å². The van der Waals surface area contributed by atoms with E-state index in [2.05, 4.69) is 12.2 Å². The number of quaternary nitrogens is 1. The van der Waals surface area contributed by atoms with E-state index in [9.17, 15) is 10.1 Å². The van der Waals surface area contributed by atoms with Gasteiger partial charge >= 0.3 is 5.69 Å². The molecular formula is C15H25N2O3+. The first kappa shape index (κ1) is 16.4. The molecule has 0 fully saturated rings. The van der Waals surface area contributed by atoms with E-state index in [1.807, 2.05) is 0 Å². The van der Waals surface area contributed by atoms with Gasteiger partial charge in [-0.05, 0) is 31.7 Å². The van der Waals surface area contributed by atoms with Crippen LogP contribution >= 0.6 is 0 Å². The Bertz CT molecular complexity index is 396. The number of nitrogens with zero attached hydrogens (tertiary/aromatic N) is 1. The number of rotatable bonds is 11. The van der Waals surface area contributed by atoms with Gasteiger partial charge in [-0.15, -0.1) is 0 Å². The topological polar surface area (TPSA) is 69.0 Å². The zero-order valence-electron chi connectivity index (χ0n) is 12.2. The van der Waals surface area contributed by atoms with Crippen LogP contribution in [0.2, 0.25) is 0 Å². The maximum absolute atomic E-state index is 10.8. The molecule has 0 radical (unpaired) electrons. The van der Waals surface area contributed by atoms with E-state index in [1.54, 1.807) is 18.2 Å². The van der Waals surface area contributed by atoms with Crippen LogP contribution in [-0.2, 0) is 0 Å². The third-order valence-electron chi connectivity index (χ3n) is 3.13. The molecule has 112 valence electrons. The van der Waals surface area contributed by atoms with Crippen LogP contribution in [0.15, 0.2) is 24.3 Å². The van der Waals surface area contributed by atoms with Crippen molar-refractivity contribution < 1.29 is 15.0 Å². The van der Waals surface area contributed by atoms with Crippen molar-refractivity contribution in [3.05, 3.63) is 34.4 Å².